The summed E-state index contributed by atoms with van der Waals surface area (Å²) in [4.78, 5) is 100. The van der Waals surface area contributed by atoms with Crippen LogP contribution < -0.4 is 21.3 Å². The lowest BCUT2D eigenvalue weighted by Crippen LogP contribution is -2.33. The van der Waals surface area contributed by atoms with Gasteiger partial charge in [0.05, 0.1) is 0 Å². The summed E-state index contributed by atoms with van der Waals surface area (Å²) in [6.45, 7) is 24.4. The Morgan fingerprint density at radius 1 is 0.493 bits per heavy atom. The molecule has 0 heterocycles. The number of anilines is 4. The lowest BCUT2D eigenvalue weighted by atomic mass is 10.2. The standard InChI is InChI=1S/C46H59N5O16/c1-12-51(17-19-60-43(56)47-33-15-13-31(10)37(21-33)49-45(58)66-35(23-62-39(52)27(2)3)24-63-40(53)28(4)5)18-20-61-44(57)48-34-16-14-32(11)38(22-34)50-46(59)67-36(25-64-41(54)29(6)7)26-65-42(55)30(8)9/h13-16,21-22,35-36H,2,4,6,8,12,17-20,23-26H2,1,3,5,7,9-11H3,(H,47,56)(H,48,57)(H,49,58)(H,50,59). The highest BCUT2D eigenvalue weighted by atomic mass is 16.6. The molecule has 0 radical (unpaired) electrons. The van der Waals surface area contributed by atoms with Crippen LogP contribution in [0.3, 0.4) is 0 Å². The molecule has 2 rings (SSSR count). The van der Waals surface area contributed by atoms with Crippen LogP contribution in [-0.4, -0.2) is 125 Å². The maximum absolute atomic E-state index is 12.8. The molecule has 2 aromatic rings. The summed E-state index contributed by atoms with van der Waals surface area (Å²) in [5.74, 6) is -2.92. The van der Waals surface area contributed by atoms with Crippen molar-refractivity contribution in [3.63, 3.8) is 0 Å². The van der Waals surface area contributed by atoms with Crippen LogP contribution in [0, 0.1) is 13.8 Å². The first-order valence-electron chi connectivity index (χ1n) is 20.6. The van der Waals surface area contributed by atoms with Gasteiger partial charge in [0.25, 0.3) is 0 Å². The smallest absolute Gasteiger partial charge is 0.412 e. The third-order valence-corrected chi connectivity index (χ3v) is 8.71. The first-order valence-corrected chi connectivity index (χ1v) is 20.6. The number of esters is 4. The number of carbonyl (C=O) groups is 8. The Bertz CT molecular complexity index is 1980. The summed E-state index contributed by atoms with van der Waals surface area (Å²) in [5, 5.41) is 10.3. The predicted octanol–water partition coefficient (Wildman–Crippen LogP) is 6.73. The van der Waals surface area contributed by atoms with E-state index in [4.69, 9.17) is 37.9 Å². The first-order chi connectivity index (χ1) is 31.6. The van der Waals surface area contributed by atoms with Crippen molar-refractivity contribution >= 4 is 71.0 Å². The first kappa shape index (κ1) is 55.5. The van der Waals surface area contributed by atoms with E-state index in [2.05, 4.69) is 47.6 Å². The lowest BCUT2D eigenvalue weighted by Gasteiger charge is -2.20. The van der Waals surface area contributed by atoms with Gasteiger partial charge in [0.2, 0.25) is 0 Å². The van der Waals surface area contributed by atoms with Gasteiger partial charge in [-0.15, -0.1) is 0 Å². The Balaban J connectivity index is 1.87. The highest BCUT2D eigenvalue weighted by Gasteiger charge is 2.23. The summed E-state index contributed by atoms with van der Waals surface area (Å²) >= 11 is 0. The number of hydrogen-bond donors (Lipinski definition) is 4. The minimum atomic E-state index is -1.17. The van der Waals surface area contributed by atoms with Gasteiger partial charge in [-0.25, -0.2) is 38.4 Å². The van der Waals surface area contributed by atoms with Crippen LogP contribution in [0.5, 0.6) is 0 Å². The number of rotatable bonds is 25. The van der Waals surface area contributed by atoms with Crippen LogP contribution in [0.15, 0.2) is 85.0 Å². The van der Waals surface area contributed by atoms with E-state index in [1.807, 2.05) is 11.8 Å². The predicted molar refractivity (Wildman–Crippen MR) is 245 cm³/mol. The Labute approximate surface area is 388 Å². The molecular formula is C46H59N5O16. The molecule has 0 aromatic heterocycles. The van der Waals surface area contributed by atoms with Crippen LogP contribution in [0.25, 0.3) is 0 Å². The molecule has 2 aromatic carbocycles. The maximum Gasteiger partial charge on any atom is 0.412 e. The Hall–Kier alpha value is -7.68. The monoisotopic (exact) mass is 937 g/mol. The second-order valence-electron chi connectivity index (χ2n) is 14.8. The normalized spacial score (nSPS) is 10.5. The molecular weight excluding hydrogens is 879 g/mol. The molecule has 0 aliphatic carbocycles. The van der Waals surface area contributed by atoms with Crippen LogP contribution in [0.4, 0.5) is 41.9 Å². The fourth-order valence-electron chi connectivity index (χ4n) is 4.92. The molecule has 0 saturated heterocycles. The SMILES string of the molecule is C=C(C)C(=O)OCC(COC(=O)C(=C)C)OC(=O)Nc1cc(NC(=O)OCCN(CC)CCOC(=O)Nc2ccc(C)c(NC(=O)OC(COC(=O)C(=C)C)COC(=O)C(=C)C)c2)ccc1C. The average Bonchev–Trinajstić information content (AvgIpc) is 3.26. The van der Waals surface area contributed by atoms with Crippen LogP contribution in [0.2, 0.25) is 0 Å². The van der Waals surface area contributed by atoms with Crippen LogP contribution in [-0.2, 0) is 57.1 Å². The molecule has 67 heavy (non-hydrogen) atoms. The second kappa shape index (κ2) is 28.3. The van der Waals surface area contributed by atoms with E-state index in [0.29, 0.717) is 30.8 Å². The van der Waals surface area contributed by atoms with E-state index < -0.39 is 86.9 Å². The number of benzene rings is 2. The van der Waals surface area contributed by atoms with Crippen molar-refractivity contribution in [1.82, 2.24) is 4.90 Å². The number of carbonyl (C=O) groups excluding carboxylic acids is 8. The summed E-state index contributed by atoms with van der Waals surface area (Å²) in [6.07, 6.45) is -5.82. The Morgan fingerprint density at radius 3 is 1.09 bits per heavy atom. The zero-order valence-electron chi connectivity index (χ0n) is 38.8. The molecule has 0 fully saturated rings. The van der Waals surface area contributed by atoms with E-state index in [-0.39, 0.29) is 58.3 Å². The molecule has 4 N–H and O–H groups in total. The van der Waals surface area contributed by atoms with Crippen molar-refractivity contribution in [2.45, 2.75) is 60.7 Å². The third-order valence-electron chi connectivity index (χ3n) is 8.71. The lowest BCUT2D eigenvalue weighted by molar-refractivity contribution is -0.148. The Morgan fingerprint density at radius 2 is 0.806 bits per heavy atom. The molecule has 0 saturated carbocycles. The molecule has 0 spiro atoms. The van der Waals surface area contributed by atoms with E-state index >= 15 is 0 Å². The number of aryl methyl sites for hydroxylation is 2. The molecule has 4 amide bonds. The molecule has 0 aliphatic heterocycles. The molecule has 0 aliphatic rings. The van der Waals surface area contributed by atoms with Gasteiger partial charge in [-0.05, 0) is 83.5 Å². The van der Waals surface area contributed by atoms with Gasteiger partial charge in [-0.3, -0.25) is 26.2 Å². The van der Waals surface area contributed by atoms with Gasteiger partial charge < -0.3 is 37.9 Å². The quantitative estimate of drug-likeness (QED) is 0.0457. The van der Waals surface area contributed by atoms with Gasteiger partial charge in [0.15, 0.2) is 12.2 Å². The van der Waals surface area contributed by atoms with Gasteiger partial charge in [0.1, 0.15) is 39.6 Å². The summed E-state index contributed by atoms with van der Waals surface area (Å²) in [7, 11) is 0. The zero-order valence-corrected chi connectivity index (χ0v) is 38.8. The number of hydrogen-bond acceptors (Lipinski definition) is 17. The summed E-state index contributed by atoms with van der Waals surface area (Å²) in [5.41, 5.74) is 2.78. The molecule has 0 atom stereocenters. The van der Waals surface area contributed by atoms with Crippen molar-refractivity contribution in [3.05, 3.63) is 96.1 Å². The van der Waals surface area contributed by atoms with E-state index in [1.165, 1.54) is 39.8 Å². The number of likely N-dealkylation sites (N-methyl/N-ethyl adjacent to an activating group) is 1. The molecule has 21 nitrogen and oxygen atoms in total. The van der Waals surface area contributed by atoms with Gasteiger partial charge in [0, 0.05) is 58.1 Å². The Kier molecular flexibility index (Phi) is 23.4. The fraction of sp³-hybridized carbons (Fsp3) is 0.391. The summed E-state index contributed by atoms with van der Waals surface area (Å²) < 4.78 is 41.7. The number of nitrogens with zero attached hydrogens (tertiary/aromatic N) is 1. The van der Waals surface area contributed by atoms with Crippen LogP contribution >= 0.6 is 0 Å². The van der Waals surface area contributed by atoms with Crippen LogP contribution in [0.1, 0.15) is 45.7 Å². The average molecular weight is 938 g/mol. The molecule has 0 unspecified atom stereocenters. The van der Waals surface area contributed by atoms with Crippen molar-refractivity contribution < 1.29 is 76.3 Å². The van der Waals surface area contributed by atoms with Crippen molar-refractivity contribution in [3.8, 4) is 0 Å². The molecule has 364 valence electrons. The van der Waals surface area contributed by atoms with Crippen molar-refractivity contribution in [2.24, 2.45) is 0 Å². The largest absolute Gasteiger partial charge is 0.458 e. The molecule has 0 bridgehead atoms. The maximum atomic E-state index is 12.8. The fourth-order valence-corrected chi connectivity index (χ4v) is 4.92. The van der Waals surface area contributed by atoms with Gasteiger partial charge in [-0.2, -0.15) is 0 Å². The van der Waals surface area contributed by atoms with E-state index in [9.17, 15) is 38.4 Å². The van der Waals surface area contributed by atoms with Crippen molar-refractivity contribution in [1.29, 1.82) is 0 Å². The zero-order chi connectivity index (χ0) is 50.2. The van der Waals surface area contributed by atoms with Gasteiger partial charge in [-0.1, -0.05) is 45.4 Å². The number of nitrogens with one attached hydrogen (secondary N) is 4. The van der Waals surface area contributed by atoms with Gasteiger partial charge >= 0.3 is 48.3 Å². The third kappa shape index (κ3) is 21.7. The highest BCUT2D eigenvalue weighted by molar-refractivity contribution is 5.92. The number of amides is 4. The number of ether oxygens (including phenoxy) is 8. The van der Waals surface area contributed by atoms with E-state index in [0.717, 1.165) is 0 Å². The summed E-state index contributed by atoms with van der Waals surface area (Å²) in [6, 6.07) is 9.38. The van der Waals surface area contributed by atoms with Crippen molar-refractivity contribution in [2.75, 3.05) is 80.5 Å². The highest BCUT2D eigenvalue weighted by Crippen LogP contribution is 2.23. The second-order valence-corrected chi connectivity index (χ2v) is 14.8. The molecule has 21 heteroatoms. The van der Waals surface area contributed by atoms with E-state index in [1.54, 1.807) is 38.1 Å². The minimum Gasteiger partial charge on any atom is -0.458 e. The topological polar surface area (TPSA) is 262 Å². The minimum absolute atomic E-state index is 0.0237.